The summed E-state index contributed by atoms with van der Waals surface area (Å²) in [4.78, 5) is 7.38. The van der Waals surface area contributed by atoms with Gasteiger partial charge in [-0.3, -0.25) is 0 Å². The van der Waals surface area contributed by atoms with Crippen molar-refractivity contribution in [3.63, 3.8) is 0 Å². The normalized spacial score (nSPS) is 18.3. The van der Waals surface area contributed by atoms with Crippen molar-refractivity contribution in [3.05, 3.63) is 179 Å². The molecule has 0 spiro atoms. The first kappa shape index (κ1) is 37.4. The molecule has 1 heterocycles. The predicted octanol–water partition coefficient (Wildman–Crippen LogP) is 12.3. The van der Waals surface area contributed by atoms with Gasteiger partial charge in [0.05, 0.1) is 0 Å². The molecule has 9 nitrogen and oxygen atoms in total. The van der Waals surface area contributed by atoms with Gasteiger partial charge in [-0.05, 0) is 0 Å². The van der Waals surface area contributed by atoms with Gasteiger partial charge in [0.2, 0.25) is 0 Å². The second-order valence-electron chi connectivity index (χ2n) is 13.4. The molecule has 6 aromatic carbocycles. The molecule has 1 aliphatic rings. The summed E-state index contributed by atoms with van der Waals surface area (Å²) in [6.07, 6.45) is 0. The minimum absolute atomic E-state index is 0.526. The Labute approximate surface area is 319 Å². The van der Waals surface area contributed by atoms with Gasteiger partial charge in [0, 0.05) is 0 Å². The van der Waals surface area contributed by atoms with Gasteiger partial charge >= 0.3 is 320 Å². The molecule has 1 unspecified atom stereocenters. The second-order valence-corrected chi connectivity index (χ2v) is 20.7. The standard InChI is InChI=1S/C42H46N3O6P3/c1-31-22-25-34(4)40(28-31)49-52(46-37-16-10-7-11-17-37)43-53(47-38-18-12-8-13-19-38,50-41-29-32(2)23-26-35(41)5)45-54(44-52,48-39-20-14-9-15-21-39)51-42-30-33(3)24-27-36(42)6/h7-30,43-44,52-53H,1-6H3. The number of nitrogens with one attached hydrogen (secondary N) is 2. The number of nitrogens with zero attached hydrogens (tertiary/aromatic N) is 1. The van der Waals surface area contributed by atoms with Crippen LogP contribution in [0.15, 0.2) is 150 Å². The molecule has 1 aliphatic heterocycles. The summed E-state index contributed by atoms with van der Waals surface area (Å²) < 4.78 is 48.2. The monoisotopic (exact) mass is 781 g/mol. The summed E-state index contributed by atoms with van der Waals surface area (Å²) in [5.41, 5.74) is 5.74. The number of rotatable bonds is 12. The van der Waals surface area contributed by atoms with Gasteiger partial charge in [0.1, 0.15) is 0 Å². The molecule has 12 heteroatoms. The molecule has 0 amide bonds. The molecule has 54 heavy (non-hydrogen) atoms. The third-order valence-corrected chi connectivity index (χ3v) is 18.5. The quantitative estimate of drug-likeness (QED) is 0.119. The Hall–Kier alpha value is -4.87. The zero-order chi connectivity index (χ0) is 37.8. The van der Waals surface area contributed by atoms with Crippen LogP contribution in [0.2, 0.25) is 0 Å². The van der Waals surface area contributed by atoms with E-state index in [4.69, 9.17) is 31.7 Å². The van der Waals surface area contributed by atoms with E-state index in [1.54, 1.807) is 0 Å². The van der Waals surface area contributed by atoms with E-state index in [9.17, 15) is 0 Å². The van der Waals surface area contributed by atoms with Crippen LogP contribution in [0.4, 0.5) is 0 Å². The summed E-state index contributed by atoms with van der Waals surface area (Å²) in [7, 11) is -12.2. The van der Waals surface area contributed by atoms with E-state index in [1.165, 1.54) is 0 Å². The van der Waals surface area contributed by atoms with Crippen molar-refractivity contribution in [2.45, 2.75) is 41.5 Å². The van der Waals surface area contributed by atoms with Crippen LogP contribution in [0.5, 0.6) is 34.5 Å². The van der Waals surface area contributed by atoms with Crippen molar-refractivity contribution in [2.75, 3.05) is 0 Å². The van der Waals surface area contributed by atoms with Gasteiger partial charge in [-0.2, -0.15) is 0 Å². The number of benzene rings is 6. The van der Waals surface area contributed by atoms with Crippen molar-refractivity contribution in [1.29, 1.82) is 0 Å². The van der Waals surface area contributed by atoms with Crippen molar-refractivity contribution in [3.8, 4) is 34.5 Å². The summed E-state index contributed by atoms with van der Waals surface area (Å²) in [5, 5.41) is 0. The third kappa shape index (κ3) is 8.90. The Kier molecular flexibility index (Phi) is 11.0. The predicted molar refractivity (Wildman–Crippen MR) is 223 cm³/mol. The fourth-order valence-corrected chi connectivity index (χ4v) is 17.5. The van der Waals surface area contributed by atoms with Crippen LogP contribution in [-0.2, 0) is 0 Å². The maximum absolute atomic E-state index is 7.20. The van der Waals surface area contributed by atoms with E-state index >= 15 is 0 Å². The molecule has 6 aromatic rings. The van der Waals surface area contributed by atoms with Crippen molar-refractivity contribution in [1.82, 2.24) is 9.72 Å². The SMILES string of the molecule is Cc1ccc(C)c(OP2(Oc3ccccc3)=N[PH](Oc3ccccc3)(Oc3cc(C)ccc3C)N[PH](Oc3ccccc3)(Oc3cc(C)ccc3C)N2)c1. The number of hydrogen-bond donors (Lipinski definition) is 2. The fourth-order valence-electron chi connectivity index (χ4n) is 5.78. The van der Waals surface area contributed by atoms with Crippen LogP contribution in [-0.4, -0.2) is 0 Å². The number of para-hydroxylation sites is 3. The van der Waals surface area contributed by atoms with Gasteiger partial charge < -0.3 is 0 Å². The maximum atomic E-state index is 7.20. The van der Waals surface area contributed by atoms with E-state index in [0.29, 0.717) is 34.5 Å². The summed E-state index contributed by atoms with van der Waals surface area (Å²) in [5.74, 6) is 3.40. The minimum atomic E-state index is -4.24. The van der Waals surface area contributed by atoms with Gasteiger partial charge in [0.25, 0.3) is 0 Å². The molecule has 0 aromatic heterocycles. The van der Waals surface area contributed by atoms with Crippen LogP contribution in [0.1, 0.15) is 33.4 Å². The molecule has 0 fully saturated rings. The molecular weight excluding hydrogens is 735 g/mol. The van der Waals surface area contributed by atoms with Crippen LogP contribution >= 0.6 is 23.7 Å². The van der Waals surface area contributed by atoms with Crippen LogP contribution in [0, 0.1) is 41.5 Å². The van der Waals surface area contributed by atoms with Crippen molar-refractivity contribution >= 4 is 23.7 Å². The average Bonchev–Trinajstić information content (AvgIpc) is 3.14. The molecule has 2 N–H and O–H groups in total. The zero-order valence-corrected chi connectivity index (χ0v) is 34.1. The van der Waals surface area contributed by atoms with Gasteiger partial charge in [-0.15, -0.1) is 0 Å². The Bertz CT molecular complexity index is 2300. The average molecular weight is 782 g/mol. The van der Waals surface area contributed by atoms with Crippen molar-refractivity contribution < 1.29 is 27.1 Å². The van der Waals surface area contributed by atoms with Gasteiger partial charge in [0.15, 0.2) is 0 Å². The molecule has 0 aliphatic carbocycles. The summed E-state index contributed by atoms with van der Waals surface area (Å²) in [6, 6.07) is 46.6. The van der Waals surface area contributed by atoms with Crippen LogP contribution < -0.4 is 36.9 Å². The van der Waals surface area contributed by atoms with Crippen LogP contribution in [0.25, 0.3) is 0 Å². The Balaban J connectivity index is 1.54. The fraction of sp³-hybridized carbons (Fsp3) is 0.143. The van der Waals surface area contributed by atoms with Gasteiger partial charge in [-0.1, -0.05) is 0 Å². The first-order valence-corrected chi connectivity index (χ1v) is 22.9. The molecule has 0 radical (unpaired) electrons. The Morgan fingerprint density at radius 3 is 1.43 bits per heavy atom. The van der Waals surface area contributed by atoms with E-state index in [1.807, 2.05) is 187 Å². The summed E-state index contributed by atoms with van der Waals surface area (Å²) >= 11 is 0. The van der Waals surface area contributed by atoms with Gasteiger partial charge in [-0.25, -0.2) is 0 Å². The van der Waals surface area contributed by atoms with Crippen LogP contribution in [0.3, 0.4) is 0 Å². The molecule has 0 bridgehead atoms. The number of aryl methyl sites for hydroxylation is 6. The molecule has 1 atom stereocenters. The first-order chi connectivity index (χ1) is 26.0. The summed E-state index contributed by atoms with van der Waals surface area (Å²) in [6.45, 7) is 12.0. The molecule has 280 valence electrons. The third-order valence-electron chi connectivity index (χ3n) is 8.61. The van der Waals surface area contributed by atoms with E-state index in [0.717, 1.165) is 33.4 Å². The molecule has 0 saturated carbocycles. The zero-order valence-electron chi connectivity index (χ0n) is 31.2. The second kappa shape index (κ2) is 15.8. The molecule has 7 rings (SSSR count). The number of hydrogen-bond acceptors (Lipinski definition) is 9. The topological polar surface area (TPSA) is 91.8 Å². The Morgan fingerprint density at radius 2 is 0.889 bits per heavy atom. The first-order valence-electron chi connectivity index (χ1n) is 17.7. The van der Waals surface area contributed by atoms with E-state index < -0.39 is 23.7 Å². The van der Waals surface area contributed by atoms with E-state index in [-0.39, 0.29) is 0 Å². The van der Waals surface area contributed by atoms with Crippen molar-refractivity contribution in [2.24, 2.45) is 4.52 Å². The van der Waals surface area contributed by atoms with E-state index in [2.05, 4.69) is 9.72 Å². The Morgan fingerprint density at radius 1 is 0.444 bits per heavy atom. The molecular formula is C42H46N3O6P3. The molecule has 0 saturated heterocycles.